The number of hydrogen-bond donors (Lipinski definition) is 2. The van der Waals surface area contributed by atoms with E-state index >= 15 is 0 Å². The zero-order chi connectivity index (χ0) is 18.7. The highest BCUT2D eigenvalue weighted by Gasteiger charge is 2.28. The number of nitrogens with two attached hydrogens (primary N) is 1. The van der Waals surface area contributed by atoms with Crippen LogP contribution in [-0.2, 0) is 4.74 Å². The van der Waals surface area contributed by atoms with Gasteiger partial charge in [-0.15, -0.1) is 0 Å². The molecule has 2 aromatic rings. The summed E-state index contributed by atoms with van der Waals surface area (Å²) in [5.74, 6) is -0.499. The smallest absolute Gasteiger partial charge is 0.339 e. The first-order chi connectivity index (χ1) is 11.8. The highest BCUT2D eigenvalue weighted by molar-refractivity contribution is 6.31. The van der Waals surface area contributed by atoms with Crippen molar-refractivity contribution in [3.05, 3.63) is 57.4 Å². The number of aromatic nitrogens is 1. The molecular weight excluding hydrogens is 340 g/mol. The summed E-state index contributed by atoms with van der Waals surface area (Å²) >= 11 is 6.24. The van der Waals surface area contributed by atoms with Crippen LogP contribution in [0.25, 0.3) is 0 Å². The molecule has 0 bridgehead atoms. The van der Waals surface area contributed by atoms with Crippen molar-refractivity contribution < 1.29 is 19.6 Å². The lowest BCUT2D eigenvalue weighted by atomic mass is 10.0. The Kier molecular flexibility index (Phi) is 6.03. The third-order valence-electron chi connectivity index (χ3n) is 4.46. The minimum Gasteiger partial charge on any atom is -0.465 e. The van der Waals surface area contributed by atoms with Crippen molar-refractivity contribution in [1.82, 2.24) is 4.98 Å². The first kappa shape index (κ1) is 19.2. The van der Waals surface area contributed by atoms with E-state index in [0.29, 0.717) is 27.5 Å². The Labute approximate surface area is 152 Å². The molecule has 0 aliphatic rings. The van der Waals surface area contributed by atoms with E-state index in [1.165, 1.54) is 7.11 Å². The number of hydrogen-bond acceptors (Lipinski definition) is 3. The first-order valence-corrected chi connectivity index (χ1v) is 8.56. The molecule has 0 fully saturated rings. The second-order valence-corrected chi connectivity index (χ2v) is 6.68. The molecule has 134 valence electrons. The molecule has 2 rings (SSSR count). The summed E-state index contributed by atoms with van der Waals surface area (Å²) in [6, 6.07) is 7.32. The number of aromatic amines is 1. The average Bonchev–Trinajstić information content (AvgIpc) is 2.88. The molecule has 6 heteroatoms. The molecule has 2 atom stereocenters. The highest BCUT2D eigenvalue weighted by atomic mass is 35.5. The zero-order valence-electron chi connectivity index (χ0n) is 15.1. The molecule has 1 aromatic carbocycles. The standard InChI is InChI=1S/C19H23ClN2O3/c1-10-16(19(24)25-5)12(3)22-17(10)18(23)13(4)21-11(2)14-8-6-7-9-15(14)20/h6-9,11,13,21-22H,1-5H3/p+1/t11-,13+/m0/s1. The lowest BCUT2D eigenvalue weighted by Crippen LogP contribution is -2.91. The van der Waals surface area contributed by atoms with Gasteiger partial charge in [-0.2, -0.15) is 0 Å². The third-order valence-corrected chi connectivity index (χ3v) is 4.80. The maximum Gasteiger partial charge on any atom is 0.339 e. The van der Waals surface area contributed by atoms with E-state index in [9.17, 15) is 9.59 Å². The monoisotopic (exact) mass is 363 g/mol. The molecular formula is C19H24ClN2O3+. The fourth-order valence-corrected chi connectivity index (χ4v) is 3.41. The fourth-order valence-electron chi connectivity index (χ4n) is 3.10. The number of quaternary nitrogens is 1. The van der Waals surface area contributed by atoms with Gasteiger partial charge in [0, 0.05) is 16.3 Å². The number of aryl methyl sites for hydroxylation is 1. The second kappa shape index (κ2) is 7.85. The van der Waals surface area contributed by atoms with E-state index in [1.54, 1.807) is 13.8 Å². The molecule has 0 amide bonds. The Balaban J connectivity index is 2.21. The van der Waals surface area contributed by atoms with E-state index in [2.05, 4.69) is 4.98 Å². The number of nitrogens with one attached hydrogen (secondary N) is 1. The molecule has 1 heterocycles. The first-order valence-electron chi connectivity index (χ1n) is 8.19. The summed E-state index contributed by atoms with van der Waals surface area (Å²) in [5, 5.41) is 2.66. The van der Waals surface area contributed by atoms with Crippen molar-refractivity contribution in [3.63, 3.8) is 0 Å². The molecule has 0 spiro atoms. The summed E-state index contributed by atoms with van der Waals surface area (Å²) < 4.78 is 4.79. The molecule has 0 unspecified atom stereocenters. The van der Waals surface area contributed by atoms with E-state index in [4.69, 9.17) is 16.3 Å². The number of benzene rings is 1. The quantitative estimate of drug-likeness (QED) is 0.612. The van der Waals surface area contributed by atoms with Gasteiger partial charge in [-0.1, -0.05) is 29.8 Å². The fraction of sp³-hybridized carbons (Fsp3) is 0.368. The van der Waals surface area contributed by atoms with Crippen LogP contribution in [0, 0.1) is 13.8 Å². The van der Waals surface area contributed by atoms with Gasteiger partial charge in [0.05, 0.1) is 18.4 Å². The minimum atomic E-state index is -0.439. The van der Waals surface area contributed by atoms with Crippen LogP contribution in [0.5, 0.6) is 0 Å². The number of carbonyl (C=O) groups excluding carboxylic acids is 2. The number of carbonyl (C=O) groups is 2. The van der Waals surface area contributed by atoms with Crippen molar-refractivity contribution in [2.24, 2.45) is 0 Å². The third kappa shape index (κ3) is 3.94. The van der Waals surface area contributed by atoms with Crippen LogP contribution in [-0.4, -0.2) is 29.9 Å². The Morgan fingerprint density at radius 2 is 1.84 bits per heavy atom. The Bertz CT molecular complexity index is 798. The van der Waals surface area contributed by atoms with E-state index in [0.717, 1.165) is 5.56 Å². The van der Waals surface area contributed by atoms with Crippen molar-refractivity contribution in [2.75, 3.05) is 7.11 Å². The number of esters is 1. The lowest BCUT2D eigenvalue weighted by Gasteiger charge is -2.17. The Morgan fingerprint density at radius 1 is 1.20 bits per heavy atom. The van der Waals surface area contributed by atoms with Gasteiger partial charge in [-0.05, 0) is 39.3 Å². The van der Waals surface area contributed by atoms with Gasteiger partial charge < -0.3 is 15.0 Å². The Morgan fingerprint density at radius 3 is 2.44 bits per heavy atom. The number of ketones is 1. The molecule has 0 aliphatic heterocycles. The molecule has 0 radical (unpaired) electrons. The molecule has 0 aliphatic carbocycles. The van der Waals surface area contributed by atoms with Crippen LogP contribution in [0.2, 0.25) is 5.02 Å². The van der Waals surface area contributed by atoms with Crippen molar-refractivity contribution in [2.45, 2.75) is 39.8 Å². The van der Waals surface area contributed by atoms with Gasteiger partial charge in [0.15, 0.2) is 0 Å². The predicted octanol–water partition coefficient (Wildman–Crippen LogP) is 2.97. The van der Waals surface area contributed by atoms with Gasteiger partial charge in [0.1, 0.15) is 12.1 Å². The molecule has 5 nitrogen and oxygen atoms in total. The second-order valence-electron chi connectivity index (χ2n) is 6.27. The van der Waals surface area contributed by atoms with E-state index in [-0.39, 0.29) is 17.9 Å². The summed E-state index contributed by atoms with van der Waals surface area (Å²) in [6.45, 7) is 7.38. The van der Waals surface area contributed by atoms with Crippen molar-refractivity contribution in [3.8, 4) is 0 Å². The van der Waals surface area contributed by atoms with Gasteiger partial charge >= 0.3 is 5.97 Å². The SMILES string of the molecule is COC(=O)c1c(C)[nH]c(C(=O)[C@@H](C)[NH2+][C@@H](C)c2ccccc2Cl)c1C. The van der Waals surface area contributed by atoms with Crippen molar-refractivity contribution in [1.29, 1.82) is 0 Å². The molecule has 25 heavy (non-hydrogen) atoms. The van der Waals surface area contributed by atoms with Gasteiger partial charge in [-0.3, -0.25) is 4.79 Å². The molecule has 0 saturated carbocycles. The van der Waals surface area contributed by atoms with Crippen LogP contribution in [0.3, 0.4) is 0 Å². The number of halogens is 1. The number of H-pyrrole nitrogens is 1. The van der Waals surface area contributed by atoms with Crippen molar-refractivity contribution >= 4 is 23.4 Å². The maximum atomic E-state index is 12.8. The van der Waals surface area contributed by atoms with Gasteiger partial charge in [-0.25, -0.2) is 4.79 Å². The number of methoxy groups -OCH3 is 1. The number of ether oxygens (including phenoxy) is 1. The van der Waals surface area contributed by atoms with Gasteiger partial charge in [0.25, 0.3) is 0 Å². The number of Topliss-reactive ketones (excluding diaryl/α,β-unsaturated/α-hetero) is 1. The van der Waals surface area contributed by atoms with Crippen LogP contribution < -0.4 is 5.32 Å². The molecule has 0 saturated heterocycles. The lowest BCUT2D eigenvalue weighted by molar-refractivity contribution is -0.709. The van der Waals surface area contributed by atoms with E-state index < -0.39 is 5.97 Å². The maximum absolute atomic E-state index is 12.8. The molecule has 1 aromatic heterocycles. The summed E-state index contributed by atoms with van der Waals surface area (Å²) in [6.07, 6.45) is 0. The summed E-state index contributed by atoms with van der Waals surface area (Å²) in [5.41, 5.74) is 3.13. The number of rotatable bonds is 6. The van der Waals surface area contributed by atoms with Crippen LogP contribution in [0.4, 0.5) is 0 Å². The normalized spacial score (nSPS) is 13.4. The topological polar surface area (TPSA) is 75.8 Å². The van der Waals surface area contributed by atoms with Gasteiger partial charge in [0.2, 0.25) is 5.78 Å². The van der Waals surface area contributed by atoms with Crippen LogP contribution in [0.1, 0.15) is 57.6 Å². The predicted molar refractivity (Wildman–Crippen MR) is 97.2 cm³/mol. The van der Waals surface area contributed by atoms with E-state index in [1.807, 2.05) is 43.4 Å². The summed E-state index contributed by atoms with van der Waals surface area (Å²) in [7, 11) is 1.33. The van der Waals surface area contributed by atoms with Crippen LogP contribution in [0.15, 0.2) is 24.3 Å². The zero-order valence-corrected chi connectivity index (χ0v) is 15.9. The Hall–Kier alpha value is -2.11. The summed E-state index contributed by atoms with van der Waals surface area (Å²) in [4.78, 5) is 27.8. The largest absolute Gasteiger partial charge is 0.465 e. The average molecular weight is 364 g/mol. The minimum absolute atomic E-state index is 0.0316. The highest BCUT2D eigenvalue weighted by Crippen LogP contribution is 2.21. The van der Waals surface area contributed by atoms with Crippen LogP contribution >= 0.6 is 11.6 Å². The molecule has 3 N–H and O–H groups in total.